The van der Waals surface area contributed by atoms with Crippen LogP contribution in [0, 0.1) is 0 Å². The minimum atomic E-state index is -0.502. The van der Waals surface area contributed by atoms with E-state index < -0.39 is 11.7 Å². The van der Waals surface area contributed by atoms with Gasteiger partial charge in [-0.2, -0.15) is 0 Å². The Balaban J connectivity index is 0.000000600. The van der Waals surface area contributed by atoms with Crippen molar-refractivity contribution in [2.24, 2.45) is 0 Å². The zero-order chi connectivity index (χ0) is 28.9. The largest absolute Gasteiger partial charge is 0.444 e. The number of benzene rings is 2. The highest BCUT2D eigenvalue weighted by molar-refractivity contribution is 5.77. The van der Waals surface area contributed by atoms with Crippen molar-refractivity contribution in [2.75, 3.05) is 25.4 Å². The highest BCUT2D eigenvalue weighted by Crippen LogP contribution is 2.26. The number of hydrogen-bond acceptors (Lipinski definition) is 5. The highest BCUT2D eigenvalue weighted by atomic mass is 16.6. The zero-order valence-corrected chi connectivity index (χ0v) is 25.2. The second-order valence-corrected chi connectivity index (χ2v) is 12.0. The van der Waals surface area contributed by atoms with E-state index in [9.17, 15) is 9.59 Å². The number of nitrogens with zero attached hydrogens (tertiary/aromatic N) is 1. The topological polar surface area (TPSA) is 84.7 Å². The third kappa shape index (κ3) is 13.6. The van der Waals surface area contributed by atoms with Gasteiger partial charge in [-0.05, 0) is 81.7 Å². The number of ketones is 1. The van der Waals surface area contributed by atoms with Crippen LogP contribution in [0.3, 0.4) is 0 Å². The first-order valence-corrected chi connectivity index (χ1v) is 13.8. The maximum atomic E-state index is 11.7. The monoisotopic (exact) mass is 525 g/mol. The second kappa shape index (κ2) is 15.5. The van der Waals surface area contributed by atoms with Gasteiger partial charge in [-0.3, -0.25) is 9.69 Å². The van der Waals surface area contributed by atoms with Crippen molar-refractivity contribution in [3.05, 3.63) is 65.2 Å². The smallest absolute Gasteiger partial charge is 0.407 e. The van der Waals surface area contributed by atoms with E-state index in [1.165, 1.54) is 23.1 Å². The van der Waals surface area contributed by atoms with Crippen LogP contribution in [-0.4, -0.2) is 42.0 Å². The Bertz CT molecular complexity index is 971. The zero-order valence-electron chi connectivity index (χ0n) is 25.2. The molecule has 0 heterocycles. The number of ether oxygens (including phenoxy) is 1. The van der Waals surface area contributed by atoms with Crippen molar-refractivity contribution < 1.29 is 14.3 Å². The molecule has 0 bridgehead atoms. The summed E-state index contributed by atoms with van der Waals surface area (Å²) in [5.74, 6) is 0.137. The Morgan fingerprint density at radius 2 is 1.55 bits per heavy atom. The summed E-state index contributed by atoms with van der Waals surface area (Å²) < 4.78 is 5.25. The highest BCUT2D eigenvalue weighted by Gasteiger charge is 2.20. The molecule has 1 unspecified atom stereocenters. The fourth-order valence-corrected chi connectivity index (χ4v) is 3.93. The molecule has 0 saturated heterocycles. The molecule has 2 aromatic carbocycles. The lowest BCUT2D eigenvalue weighted by Gasteiger charge is -2.29. The van der Waals surface area contributed by atoms with Crippen molar-refractivity contribution in [2.45, 2.75) is 98.6 Å². The van der Waals surface area contributed by atoms with Crippen molar-refractivity contribution in [1.82, 2.24) is 10.2 Å². The summed E-state index contributed by atoms with van der Waals surface area (Å²) in [5.41, 5.74) is 9.84. The van der Waals surface area contributed by atoms with Crippen molar-refractivity contribution >= 4 is 17.6 Å². The van der Waals surface area contributed by atoms with Crippen LogP contribution in [-0.2, 0) is 21.4 Å². The number of anilines is 1. The number of hydrogen-bond donors (Lipinski definition) is 2. The van der Waals surface area contributed by atoms with Gasteiger partial charge < -0.3 is 15.8 Å². The predicted molar refractivity (Wildman–Crippen MR) is 160 cm³/mol. The molecule has 6 nitrogen and oxygen atoms in total. The minimum Gasteiger partial charge on any atom is -0.444 e. The van der Waals surface area contributed by atoms with Crippen LogP contribution in [0.2, 0.25) is 0 Å². The summed E-state index contributed by atoms with van der Waals surface area (Å²) in [6, 6.07) is 16.8. The van der Waals surface area contributed by atoms with Crippen LogP contribution in [0.5, 0.6) is 0 Å². The molecule has 3 N–H and O–H groups in total. The molecule has 0 saturated carbocycles. The van der Waals surface area contributed by atoms with E-state index in [1.807, 2.05) is 32.9 Å². The number of carbonyl (C=O) groups is 2. The van der Waals surface area contributed by atoms with Crippen LogP contribution in [0.25, 0.3) is 0 Å². The Morgan fingerprint density at radius 3 is 2.03 bits per heavy atom. The van der Waals surface area contributed by atoms with E-state index in [1.54, 1.807) is 6.92 Å². The first kappa shape index (κ1) is 33.2. The molecule has 1 atom stereocenters. The predicted octanol–water partition coefficient (Wildman–Crippen LogP) is 7.07. The van der Waals surface area contributed by atoms with Gasteiger partial charge in [-0.1, -0.05) is 70.5 Å². The van der Waals surface area contributed by atoms with Gasteiger partial charge in [0.2, 0.25) is 0 Å². The van der Waals surface area contributed by atoms with E-state index in [-0.39, 0.29) is 17.2 Å². The van der Waals surface area contributed by atoms with Crippen LogP contribution < -0.4 is 11.1 Å². The van der Waals surface area contributed by atoms with Gasteiger partial charge >= 0.3 is 6.09 Å². The molecule has 2 rings (SSSR count). The number of alkyl carbamates (subject to hydrolysis) is 1. The third-order valence-electron chi connectivity index (χ3n) is 6.04. The minimum absolute atomic E-state index is 0.119. The molecule has 0 aromatic heterocycles. The van der Waals surface area contributed by atoms with Gasteiger partial charge in [-0.25, -0.2) is 4.79 Å². The average molecular weight is 526 g/mol. The van der Waals surface area contributed by atoms with Gasteiger partial charge in [0.1, 0.15) is 11.4 Å². The quantitative estimate of drug-likeness (QED) is 0.256. The normalized spacial score (nSPS) is 12.4. The molecule has 0 fully saturated rings. The SMILES string of the molecule is CC(=O)CN(CCCNC(=O)OC(C)(C)C)C(C)c1ccc(C(C)(C)C)cc1.CCCc1ccc(N)cc1. The van der Waals surface area contributed by atoms with E-state index in [0.717, 1.165) is 25.1 Å². The van der Waals surface area contributed by atoms with Crippen LogP contribution in [0.1, 0.15) is 97.9 Å². The number of carbonyl (C=O) groups excluding carboxylic acids is 2. The Morgan fingerprint density at radius 1 is 0.974 bits per heavy atom. The molecule has 0 radical (unpaired) electrons. The molecule has 38 heavy (non-hydrogen) atoms. The van der Waals surface area contributed by atoms with E-state index in [0.29, 0.717) is 13.1 Å². The van der Waals surface area contributed by atoms with Gasteiger partial charge in [0.15, 0.2) is 0 Å². The van der Waals surface area contributed by atoms with E-state index in [2.05, 4.69) is 81.2 Å². The fraction of sp³-hybridized carbons (Fsp3) is 0.562. The second-order valence-electron chi connectivity index (χ2n) is 12.0. The standard InChI is InChI=1S/C23H38N2O3.C9H13N/c1-17(26)16-25(15-9-14-24-21(27)28-23(6,7)8)18(2)19-10-12-20(13-11-19)22(3,4)5;1-2-3-8-4-6-9(10)7-5-8/h10-13,18H,9,14-16H2,1-8H3,(H,24,27);4-7H,2-3,10H2,1H3. The van der Waals surface area contributed by atoms with Crippen LogP contribution >= 0.6 is 0 Å². The number of rotatable bonds is 10. The van der Waals surface area contributed by atoms with Crippen molar-refractivity contribution in [1.29, 1.82) is 0 Å². The lowest BCUT2D eigenvalue weighted by molar-refractivity contribution is -0.118. The molecule has 1 amide bonds. The third-order valence-corrected chi connectivity index (χ3v) is 6.04. The number of nitrogens with two attached hydrogens (primary N) is 1. The fourth-order valence-electron chi connectivity index (χ4n) is 3.93. The number of amides is 1. The first-order valence-electron chi connectivity index (χ1n) is 13.8. The molecular formula is C32H51N3O3. The molecule has 212 valence electrons. The lowest BCUT2D eigenvalue weighted by atomic mass is 9.86. The van der Waals surface area contributed by atoms with Gasteiger partial charge in [0.25, 0.3) is 0 Å². The van der Waals surface area contributed by atoms with Crippen molar-refractivity contribution in [3.63, 3.8) is 0 Å². The summed E-state index contributed by atoms with van der Waals surface area (Å²) in [6.07, 6.45) is 2.69. The molecular weight excluding hydrogens is 474 g/mol. The van der Waals surface area contributed by atoms with Crippen LogP contribution in [0.15, 0.2) is 48.5 Å². The molecule has 6 heteroatoms. The number of Topliss-reactive ketones (excluding diaryl/α,β-unsaturated/α-hetero) is 1. The molecule has 2 aromatic rings. The van der Waals surface area contributed by atoms with Crippen molar-refractivity contribution in [3.8, 4) is 0 Å². The Labute approximate surface area is 231 Å². The maximum Gasteiger partial charge on any atom is 0.407 e. The molecule has 0 aliphatic rings. The van der Waals surface area contributed by atoms with Gasteiger partial charge in [-0.15, -0.1) is 0 Å². The summed E-state index contributed by atoms with van der Waals surface area (Å²) in [4.78, 5) is 25.6. The average Bonchev–Trinajstić information content (AvgIpc) is 2.81. The summed E-state index contributed by atoms with van der Waals surface area (Å²) >= 11 is 0. The summed E-state index contributed by atoms with van der Waals surface area (Å²) in [5, 5.41) is 2.78. The first-order chi connectivity index (χ1) is 17.6. The van der Waals surface area contributed by atoms with E-state index >= 15 is 0 Å². The summed E-state index contributed by atoms with van der Waals surface area (Å²) in [7, 11) is 0. The number of aryl methyl sites for hydroxylation is 1. The molecule has 0 aliphatic carbocycles. The maximum absolute atomic E-state index is 11.7. The van der Waals surface area contributed by atoms with Gasteiger partial charge in [0, 0.05) is 24.8 Å². The molecule has 0 aliphatic heterocycles. The van der Waals surface area contributed by atoms with E-state index in [4.69, 9.17) is 10.5 Å². The van der Waals surface area contributed by atoms with Crippen LogP contribution in [0.4, 0.5) is 10.5 Å². The number of nitrogens with one attached hydrogen (secondary N) is 1. The number of nitrogen functional groups attached to an aromatic ring is 1. The molecule has 0 spiro atoms. The Hall–Kier alpha value is -2.86. The van der Waals surface area contributed by atoms with Gasteiger partial charge in [0.05, 0.1) is 6.54 Å². The lowest BCUT2D eigenvalue weighted by Crippen LogP contribution is -2.36. The summed E-state index contributed by atoms with van der Waals surface area (Å²) in [6.45, 7) is 19.7. The Kier molecular flexibility index (Phi) is 13.6.